The molecule has 0 saturated heterocycles. The molecule has 2 rings (SSSR count). The van der Waals surface area contributed by atoms with Gasteiger partial charge in [0.05, 0.1) is 0 Å². The molecular formula is C18H23BiBrN. The average molecular weight is 542 g/mol. The molecule has 0 heterocycles. The Morgan fingerprint density at radius 1 is 1.00 bits per heavy atom. The van der Waals surface area contributed by atoms with Crippen LogP contribution >= 0.6 is 12.2 Å². The van der Waals surface area contributed by atoms with Gasteiger partial charge in [0.25, 0.3) is 0 Å². The minimum absolute atomic E-state index is 1.01. The van der Waals surface area contributed by atoms with Gasteiger partial charge >= 0.3 is 143 Å². The van der Waals surface area contributed by atoms with E-state index in [0.29, 0.717) is 0 Å². The van der Waals surface area contributed by atoms with Crippen LogP contribution in [0.2, 0.25) is 0 Å². The second-order valence-electron chi connectivity index (χ2n) is 5.89. The number of halogens is 1. The molecule has 2 aromatic rings. The first-order valence-corrected chi connectivity index (χ1v) is 18.2. The second-order valence-corrected chi connectivity index (χ2v) is 17.9. The van der Waals surface area contributed by atoms with Gasteiger partial charge in [-0.2, -0.15) is 0 Å². The summed E-state index contributed by atoms with van der Waals surface area (Å²) in [5, 5.41) is 0. The summed E-state index contributed by atoms with van der Waals surface area (Å²) in [5.74, 6) is 0. The minimum atomic E-state index is -2.07. The van der Waals surface area contributed by atoms with Gasteiger partial charge in [0, 0.05) is 0 Å². The zero-order chi connectivity index (χ0) is 15.6. The van der Waals surface area contributed by atoms with Crippen LogP contribution < -0.4 is 6.54 Å². The van der Waals surface area contributed by atoms with E-state index in [0.717, 1.165) is 6.54 Å². The molecule has 0 bridgehead atoms. The molecule has 112 valence electrons. The van der Waals surface area contributed by atoms with Crippen LogP contribution in [-0.2, 0) is 6.54 Å². The Kier molecular flexibility index (Phi) is 5.99. The summed E-state index contributed by atoms with van der Waals surface area (Å²) in [6.45, 7) is 7.71. The maximum atomic E-state index is 4.15. The summed E-state index contributed by atoms with van der Waals surface area (Å²) in [4.78, 5) is 2.25. The topological polar surface area (TPSA) is 3.24 Å². The van der Waals surface area contributed by atoms with Crippen molar-refractivity contribution in [1.29, 1.82) is 0 Å². The van der Waals surface area contributed by atoms with Crippen LogP contribution in [-0.4, -0.2) is 38.4 Å². The molecule has 0 unspecified atom stereocenters. The van der Waals surface area contributed by atoms with Gasteiger partial charge in [-0.05, 0) is 0 Å². The Morgan fingerprint density at radius 3 is 2.14 bits per heavy atom. The number of hydrogen-bond acceptors (Lipinski definition) is 1. The maximum absolute atomic E-state index is 4.15. The predicted octanol–water partition coefficient (Wildman–Crippen LogP) is 3.17. The number of benzene rings is 2. The van der Waals surface area contributed by atoms with Crippen LogP contribution in [0.15, 0.2) is 36.4 Å². The quantitative estimate of drug-likeness (QED) is 0.537. The second kappa shape index (κ2) is 7.35. The van der Waals surface area contributed by atoms with Gasteiger partial charge in [0.2, 0.25) is 0 Å². The summed E-state index contributed by atoms with van der Waals surface area (Å²) >= 11 is 2.08. The first-order chi connectivity index (χ1) is 9.90. The van der Waals surface area contributed by atoms with Crippen molar-refractivity contribution in [2.24, 2.45) is 0 Å². The van der Waals surface area contributed by atoms with Crippen molar-refractivity contribution in [3.05, 3.63) is 58.7 Å². The molecule has 0 N–H and O–H groups in total. The first kappa shape index (κ1) is 17.1. The molecule has 0 aliphatic rings. The molecule has 1 nitrogen and oxygen atoms in total. The summed E-state index contributed by atoms with van der Waals surface area (Å²) < 4.78 is 3.16. The number of rotatable bonds is 4. The third-order valence-electron chi connectivity index (χ3n) is 3.52. The summed E-state index contributed by atoms with van der Waals surface area (Å²) in [6.07, 6.45) is 0. The van der Waals surface area contributed by atoms with Crippen molar-refractivity contribution in [2.45, 2.75) is 27.3 Å². The van der Waals surface area contributed by atoms with E-state index in [1.165, 1.54) is 22.3 Å². The molecule has 0 atom stereocenters. The van der Waals surface area contributed by atoms with E-state index in [9.17, 15) is 0 Å². The van der Waals surface area contributed by atoms with Crippen molar-refractivity contribution < 1.29 is 0 Å². The zero-order valence-electron chi connectivity index (χ0n) is 13.4. The van der Waals surface area contributed by atoms with Crippen molar-refractivity contribution in [2.75, 3.05) is 14.1 Å². The Hall–Kier alpha value is -0.237. The fourth-order valence-corrected chi connectivity index (χ4v) is 17.0. The summed E-state index contributed by atoms with van der Waals surface area (Å²) in [6, 6.07) is 13.6. The standard InChI is InChI=1S/C9H12N.C9H11.Bi.BrH/c1-10(2)8-9-6-4-3-5-7-9;1-7-4-8(2)6-9(3)5-7;;/h3-6H,8H2,1-2H3;4-5H,1-3H3;;1H/q;;+1;/p-1. The molecular weight excluding hydrogens is 519 g/mol. The molecule has 3 heteroatoms. The molecule has 0 amide bonds. The molecule has 0 aliphatic heterocycles. The Morgan fingerprint density at radius 2 is 1.57 bits per heavy atom. The van der Waals surface area contributed by atoms with E-state index in [2.05, 4.69) is 88.4 Å². The molecule has 0 radical (unpaired) electrons. The summed E-state index contributed by atoms with van der Waals surface area (Å²) in [7, 11) is 4.27. The van der Waals surface area contributed by atoms with E-state index >= 15 is 0 Å². The fraction of sp³-hybridized carbons (Fsp3) is 0.333. The molecule has 0 aliphatic carbocycles. The number of hydrogen-bond donors (Lipinski definition) is 0. The van der Waals surface area contributed by atoms with Crippen LogP contribution in [0.1, 0.15) is 22.3 Å². The van der Waals surface area contributed by atoms with E-state index in [1.54, 1.807) is 6.54 Å². The third-order valence-corrected chi connectivity index (χ3v) is 17.6. The number of nitrogens with zero attached hydrogens (tertiary/aromatic N) is 1. The van der Waals surface area contributed by atoms with Gasteiger partial charge in [-0.25, -0.2) is 0 Å². The van der Waals surface area contributed by atoms with E-state index in [4.69, 9.17) is 0 Å². The van der Waals surface area contributed by atoms with Crippen LogP contribution in [0.4, 0.5) is 0 Å². The Labute approximate surface area is 142 Å². The summed E-state index contributed by atoms with van der Waals surface area (Å²) in [5.41, 5.74) is 5.72. The van der Waals surface area contributed by atoms with Crippen LogP contribution in [0.25, 0.3) is 0 Å². The van der Waals surface area contributed by atoms with Crippen molar-refractivity contribution >= 4 is 38.2 Å². The first-order valence-electron chi connectivity index (χ1n) is 7.16. The molecule has 0 aromatic heterocycles. The van der Waals surface area contributed by atoms with Gasteiger partial charge in [0.1, 0.15) is 0 Å². The van der Waals surface area contributed by atoms with Gasteiger partial charge in [0.15, 0.2) is 0 Å². The van der Waals surface area contributed by atoms with Crippen LogP contribution in [0.3, 0.4) is 0 Å². The van der Waals surface area contributed by atoms with E-state index in [1.807, 2.05) is 0 Å². The molecule has 21 heavy (non-hydrogen) atoms. The van der Waals surface area contributed by atoms with Crippen LogP contribution in [0.5, 0.6) is 0 Å². The predicted molar refractivity (Wildman–Crippen MR) is 98.4 cm³/mol. The van der Waals surface area contributed by atoms with Crippen molar-refractivity contribution in [1.82, 2.24) is 4.90 Å². The van der Waals surface area contributed by atoms with Crippen molar-refractivity contribution in [3.63, 3.8) is 0 Å². The van der Waals surface area contributed by atoms with E-state index in [-0.39, 0.29) is 0 Å². The zero-order valence-corrected chi connectivity index (χ0v) is 18.5. The molecule has 2 aromatic carbocycles. The van der Waals surface area contributed by atoms with Crippen molar-refractivity contribution in [3.8, 4) is 0 Å². The normalized spacial score (nSPS) is 11.4. The molecule has 0 saturated carbocycles. The number of aryl methyl sites for hydroxylation is 3. The average Bonchev–Trinajstić information content (AvgIpc) is 2.37. The van der Waals surface area contributed by atoms with Gasteiger partial charge in [-0.1, -0.05) is 0 Å². The molecule has 0 fully saturated rings. The van der Waals surface area contributed by atoms with Gasteiger partial charge in [-0.15, -0.1) is 0 Å². The van der Waals surface area contributed by atoms with E-state index < -0.39 is 19.4 Å². The van der Waals surface area contributed by atoms with Gasteiger partial charge in [-0.3, -0.25) is 0 Å². The third kappa shape index (κ3) is 4.15. The monoisotopic (exact) mass is 541 g/mol. The van der Waals surface area contributed by atoms with Gasteiger partial charge < -0.3 is 0 Å². The molecule has 0 spiro atoms. The Bertz CT molecular complexity index is 614. The SMILES string of the molecule is Cc1cc(C)[c]([Bi]([Br])[c]2ccccc2CN(C)C)c(C)c1. The Balaban J connectivity index is 2.48. The van der Waals surface area contributed by atoms with Crippen LogP contribution in [0, 0.1) is 20.8 Å². The fourth-order valence-electron chi connectivity index (χ4n) is 2.78.